The number of nitrogens with zero attached hydrogens (tertiary/aromatic N) is 2. The first-order valence-corrected chi connectivity index (χ1v) is 6.40. The van der Waals surface area contributed by atoms with Crippen LogP contribution >= 0.6 is 11.6 Å². The molecule has 3 rings (SSSR count). The van der Waals surface area contributed by atoms with Crippen molar-refractivity contribution in [2.75, 3.05) is 0 Å². The van der Waals surface area contributed by atoms with Crippen molar-refractivity contribution in [1.82, 2.24) is 9.97 Å². The first-order valence-electron chi connectivity index (χ1n) is 6.02. The van der Waals surface area contributed by atoms with Gasteiger partial charge in [-0.1, -0.05) is 23.7 Å². The fourth-order valence-corrected chi connectivity index (χ4v) is 2.51. The summed E-state index contributed by atoms with van der Waals surface area (Å²) in [6.07, 6.45) is 1.22. The normalized spacial score (nSPS) is 16.9. The van der Waals surface area contributed by atoms with Crippen molar-refractivity contribution < 1.29 is 4.74 Å². The number of fused-ring (bicyclic) bond motifs is 1. The van der Waals surface area contributed by atoms with E-state index >= 15 is 0 Å². The molecule has 1 atom stereocenters. The maximum absolute atomic E-state index is 12.1. The molecule has 6 nitrogen and oxygen atoms in total. The average Bonchev–Trinajstić information content (AvgIpc) is 2.46. The zero-order valence-electron chi connectivity index (χ0n) is 10.6. The Morgan fingerprint density at radius 1 is 1.48 bits per heavy atom. The molecule has 0 amide bonds. The van der Waals surface area contributed by atoms with Gasteiger partial charge in [-0.15, -0.1) is 0 Å². The van der Waals surface area contributed by atoms with Gasteiger partial charge in [0.1, 0.15) is 11.6 Å². The predicted molar refractivity (Wildman–Crippen MR) is 75.6 cm³/mol. The summed E-state index contributed by atoms with van der Waals surface area (Å²) in [6, 6.07) is 8.89. The molecule has 1 aliphatic rings. The van der Waals surface area contributed by atoms with Gasteiger partial charge in [-0.3, -0.25) is 4.79 Å². The Hall–Kier alpha value is -2.78. The van der Waals surface area contributed by atoms with Gasteiger partial charge in [0.2, 0.25) is 11.8 Å². The largest absolute Gasteiger partial charge is 0.422 e. The van der Waals surface area contributed by atoms with Gasteiger partial charge in [0.05, 0.1) is 17.8 Å². The molecule has 0 radical (unpaired) electrons. The van der Waals surface area contributed by atoms with Gasteiger partial charge >= 0.3 is 0 Å². The third-order valence-corrected chi connectivity index (χ3v) is 3.44. The van der Waals surface area contributed by atoms with Gasteiger partial charge in [-0.25, -0.2) is 4.98 Å². The van der Waals surface area contributed by atoms with E-state index in [0.717, 1.165) is 0 Å². The number of benzene rings is 1. The first-order chi connectivity index (χ1) is 10.1. The summed E-state index contributed by atoms with van der Waals surface area (Å²) in [5.74, 6) is -0.622. The van der Waals surface area contributed by atoms with Crippen LogP contribution in [0.2, 0.25) is 5.02 Å². The van der Waals surface area contributed by atoms with Gasteiger partial charge in [-0.2, -0.15) is 5.26 Å². The molecule has 2 heterocycles. The van der Waals surface area contributed by atoms with Crippen LogP contribution in [-0.4, -0.2) is 9.97 Å². The van der Waals surface area contributed by atoms with Crippen LogP contribution in [0.15, 0.2) is 46.8 Å². The van der Waals surface area contributed by atoms with E-state index < -0.39 is 5.92 Å². The van der Waals surface area contributed by atoms with Crippen LogP contribution in [0.5, 0.6) is 5.88 Å². The lowest BCUT2D eigenvalue weighted by atomic mass is 9.85. The van der Waals surface area contributed by atoms with Crippen molar-refractivity contribution in [1.29, 1.82) is 5.26 Å². The second kappa shape index (κ2) is 4.96. The third kappa shape index (κ3) is 2.14. The summed E-state index contributed by atoms with van der Waals surface area (Å²) in [4.78, 5) is 18.6. The summed E-state index contributed by atoms with van der Waals surface area (Å²) >= 11 is 6.00. The van der Waals surface area contributed by atoms with Crippen molar-refractivity contribution >= 4 is 11.6 Å². The summed E-state index contributed by atoms with van der Waals surface area (Å²) in [5.41, 5.74) is 6.45. The van der Waals surface area contributed by atoms with Crippen molar-refractivity contribution in [3.8, 4) is 11.9 Å². The number of allylic oxidation sites excluding steroid dienone is 1. The molecule has 0 bridgehead atoms. The highest BCUT2D eigenvalue weighted by Gasteiger charge is 2.33. The van der Waals surface area contributed by atoms with Crippen molar-refractivity contribution in [2.24, 2.45) is 5.73 Å². The lowest BCUT2D eigenvalue weighted by Crippen LogP contribution is -2.28. The molecule has 0 fully saturated rings. The number of hydrogen-bond donors (Lipinski definition) is 2. The van der Waals surface area contributed by atoms with Crippen LogP contribution in [0.3, 0.4) is 0 Å². The molecule has 0 spiro atoms. The van der Waals surface area contributed by atoms with Crippen molar-refractivity contribution in [2.45, 2.75) is 5.92 Å². The number of nitrogens with one attached hydrogen (secondary N) is 1. The number of nitriles is 1. The van der Waals surface area contributed by atoms with E-state index in [-0.39, 0.29) is 28.5 Å². The Bertz CT molecular complexity index is 851. The number of nitrogens with two attached hydrogens (primary N) is 1. The molecule has 1 aromatic carbocycles. The van der Waals surface area contributed by atoms with E-state index in [9.17, 15) is 10.1 Å². The summed E-state index contributed by atoms with van der Waals surface area (Å²) in [5, 5.41) is 9.84. The molecule has 1 unspecified atom stereocenters. The highest BCUT2D eigenvalue weighted by atomic mass is 35.5. The van der Waals surface area contributed by atoms with Gasteiger partial charge in [-0.05, 0) is 17.7 Å². The smallest absolute Gasteiger partial charge is 0.258 e. The minimum Gasteiger partial charge on any atom is -0.422 e. The van der Waals surface area contributed by atoms with Crippen LogP contribution in [0.1, 0.15) is 17.0 Å². The van der Waals surface area contributed by atoms with Gasteiger partial charge in [0.25, 0.3) is 5.56 Å². The number of halogens is 1. The Morgan fingerprint density at radius 3 is 3.00 bits per heavy atom. The topological polar surface area (TPSA) is 105 Å². The number of aromatic amines is 1. The van der Waals surface area contributed by atoms with E-state index in [0.29, 0.717) is 10.6 Å². The number of rotatable bonds is 1. The molecule has 1 aromatic heterocycles. The zero-order chi connectivity index (χ0) is 15.0. The molecule has 1 aliphatic heterocycles. The highest BCUT2D eigenvalue weighted by molar-refractivity contribution is 6.30. The van der Waals surface area contributed by atoms with Crippen LogP contribution in [0, 0.1) is 11.3 Å². The molecular formula is C14H9ClN4O2. The van der Waals surface area contributed by atoms with Crippen LogP contribution < -0.4 is 16.0 Å². The summed E-state index contributed by atoms with van der Waals surface area (Å²) < 4.78 is 5.27. The minimum absolute atomic E-state index is 0.0620. The molecule has 104 valence electrons. The standard InChI is InChI=1S/C14H9ClN4O2/c15-8-3-1-2-7(4-8)10-9(5-16)12(17)21-14-11(10)13(20)18-6-19-14/h1-4,6,10H,17H2,(H,18,19,20). The predicted octanol–water partition coefficient (Wildman–Crippen LogP) is 1.64. The minimum atomic E-state index is -0.658. The number of aromatic nitrogens is 2. The van der Waals surface area contributed by atoms with E-state index in [4.69, 9.17) is 22.1 Å². The molecule has 0 aliphatic carbocycles. The monoisotopic (exact) mass is 300 g/mol. The summed E-state index contributed by atoms with van der Waals surface area (Å²) in [6.45, 7) is 0. The fourth-order valence-electron chi connectivity index (χ4n) is 2.31. The maximum atomic E-state index is 12.1. The van der Waals surface area contributed by atoms with E-state index in [1.54, 1.807) is 24.3 Å². The Labute approximate surface area is 124 Å². The molecule has 0 saturated heterocycles. The van der Waals surface area contributed by atoms with Crippen LogP contribution in [0.25, 0.3) is 0 Å². The highest BCUT2D eigenvalue weighted by Crippen LogP contribution is 2.39. The van der Waals surface area contributed by atoms with Crippen LogP contribution in [-0.2, 0) is 0 Å². The zero-order valence-corrected chi connectivity index (χ0v) is 11.4. The number of hydrogen-bond acceptors (Lipinski definition) is 5. The summed E-state index contributed by atoms with van der Waals surface area (Å²) in [7, 11) is 0. The molecule has 3 N–H and O–H groups in total. The number of ether oxygens (including phenoxy) is 1. The average molecular weight is 301 g/mol. The van der Waals surface area contributed by atoms with Crippen molar-refractivity contribution in [3.05, 3.63) is 68.6 Å². The lowest BCUT2D eigenvalue weighted by molar-refractivity contribution is 0.375. The molecular weight excluding hydrogens is 292 g/mol. The Morgan fingerprint density at radius 2 is 2.29 bits per heavy atom. The lowest BCUT2D eigenvalue weighted by Gasteiger charge is -2.24. The molecule has 0 saturated carbocycles. The fraction of sp³-hybridized carbons (Fsp3) is 0.0714. The van der Waals surface area contributed by atoms with E-state index in [1.807, 2.05) is 6.07 Å². The number of H-pyrrole nitrogens is 1. The Kier molecular flexibility index (Phi) is 3.12. The first kappa shape index (κ1) is 13.2. The molecule has 2 aromatic rings. The quantitative estimate of drug-likeness (QED) is 0.833. The maximum Gasteiger partial charge on any atom is 0.258 e. The van der Waals surface area contributed by atoms with Gasteiger partial charge in [0.15, 0.2) is 0 Å². The second-order valence-electron chi connectivity index (χ2n) is 4.43. The van der Waals surface area contributed by atoms with Crippen LogP contribution in [0.4, 0.5) is 0 Å². The third-order valence-electron chi connectivity index (χ3n) is 3.20. The van der Waals surface area contributed by atoms with E-state index in [1.165, 1.54) is 6.33 Å². The second-order valence-corrected chi connectivity index (χ2v) is 4.87. The molecule has 7 heteroatoms. The van der Waals surface area contributed by atoms with Gasteiger partial charge in [0, 0.05) is 5.02 Å². The molecule has 21 heavy (non-hydrogen) atoms. The van der Waals surface area contributed by atoms with E-state index in [2.05, 4.69) is 9.97 Å². The SMILES string of the molecule is N#CC1=C(N)Oc2nc[nH]c(=O)c2C1c1cccc(Cl)c1. The van der Waals surface area contributed by atoms with Crippen molar-refractivity contribution in [3.63, 3.8) is 0 Å². The van der Waals surface area contributed by atoms with Gasteiger partial charge < -0.3 is 15.5 Å². The Balaban J connectivity index is 2.31.